The number of hydrogen-bond acceptors (Lipinski definition) is 6. The van der Waals surface area contributed by atoms with Crippen molar-refractivity contribution in [3.63, 3.8) is 0 Å². The monoisotopic (exact) mass is 441 g/mol. The summed E-state index contributed by atoms with van der Waals surface area (Å²) >= 11 is 0. The van der Waals surface area contributed by atoms with Gasteiger partial charge in [-0.25, -0.2) is 10.4 Å². The van der Waals surface area contributed by atoms with Crippen LogP contribution >= 0.6 is 0 Å². The smallest absolute Gasteiger partial charge is 0.272 e. The topological polar surface area (TPSA) is 93.0 Å². The van der Waals surface area contributed by atoms with Crippen LogP contribution in [0.5, 0.6) is 17.2 Å². The van der Waals surface area contributed by atoms with Crippen LogP contribution in [0.25, 0.3) is 22.2 Å². The number of carbonyl (C=O) groups excluding carboxylic acids is 1. The van der Waals surface area contributed by atoms with Crippen molar-refractivity contribution in [2.24, 2.45) is 5.10 Å². The number of aryl methyl sites for hydroxylation is 1. The van der Waals surface area contributed by atoms with E-state index in [0.717, 1.165) is 22.0 Å². The Labute approximate surface area is 191 Å². The Morgan fingerprint density at radius 3 is 2.33 bits per heavy atom. The van der Waals surface area contributed by atoms with Crippen LogP contribution in [0, 0.1) is 6.92 Å². The summed E-state index contributed by atoms with van der Waals surface area (Å²) < 4.78 is 10.3. The third-order valence-corrected chi connectivity index (χ3v) is 5.19. The Kier molecular flexibility index (Phi) is 6.22. The van der Waals surface area contributed by atoms with Crippen LogP contribution < -0.4 is 14.9 Å². The lowest BCUT2D eigenvalue weighted by Gasteiger charge is -2.10. The first-order chi connectivity index (χ1) is 16.0. The number of rotatable bonds is 6. The molecule has 1 amide bonds. The van der Waals surface area contributed by atoms with Crippen LogP contribution in [0.15, 0.2) is 71.8 Å². The molecule has 0 unspecified atom stereocenters. The summed E-state index contributed by atoms with van der Waals surface area (Å²) in [6.45, 7) is 2.02. The number of benzene rings is 3. The van der Waals surface area contributed by atoms with Gasteiger partial charge in [0.05, 0.1) is 37.2 Å². The molecule has 0 aliphatic heterocycles. The van der Waals surface area contributed by atoms with E-state index >= 15 is 0 Å². The van der Waals surface area contributed by atoms with Crippen molar-refractivity contribution in [3.8, 4) is 28.5 Å². The number of nitrogens with one attached hydrogen (secondary N) is 1. The zero-order valence-corrected chi connectivity index (χ0v) is 18.5. The molecule has 2 N–H and O–H groups in total. The molecule has 7 heteroatoms. The minimum atomic E-state index is -0.365. The highest BCUT2D eigenvalue weighted by atomic mass is 16.5. The number of amides is 1. The molecule has 0 spiro atoms. The number of nitrogens with zero attached hydrogens (tertiary/aromatic N) is 2. The fourth-order valence-electron chi connectivity index (χ4n) is 3.45. The molecule has 0 fully saturated rings. The number of fused-ring (bicyclic) bond motifs is 1. The highest BCUT2D eigenvalue weighted by molar-refractivity contribution is 6.07. The third kappa shape index (κ3) is 4.62. The first-order valence-corrected chi connectivity index (χ1v) is 10.3. The Hall–Kier alpha value is -4.39. The number of aromatic hydroxyl groups is 1. The summed E-state index contributed by atoms with van der Waals surface area (Å²) in [4.78, 5) is 17.8. The largest absolute Gasteiger partial charge is 0.502 e. The van der Waals surface area contributed by atoms with Crippen molar-refractivity contribution in [2.75, 3.05) is 14.2 Å². The van der Waals surface area contributed by atoms with Crippen LogP contribution in [0.4, 0.5) is 0 Å². The maximum absolute atomic E-state index is 13.0. The van der Waals surface area contributed by atoms with Gasteiger partial charge in [-0.3, -0.25) is 4.79 Å². The van der Waals surface area contributed by atoms with E-state index in [1.165, 1.54) is 20.4 Å². The van der Waals surface area contributed by atoms with E-state index in [1.807, 2.05) is 55.5 Å². The van der Waals surface area contributed by atoms with Gasteiger partial charge in [0.25, 0.3) is 5.91 Å². The molecule has 166 valence electrons. The second-order valence-electron chi connectivity index (χ2n) is 7.41. The molecular formula is C26H23N3O4. The van der Waals surface area contributed by atoms with E-state index < -0.39 is 0 Å². The number of para-hydroxylation sites is 1. The van der Waals surface area contributed by atoms with Gasteiger partial charge in [-0.1, -0.05) is 48.0 Å². The van der Waals surface area contributed by atoms with Crippen molar-refractivity contribution in [3.05, 3.63) is 83.4 Å². The van der Waals surface area contributed by atoms with Crippen molar-refractivity contribution in [1.29, 1.82) is 0 Å². The number of pyridine rings is 1. The molecule has 0 saturated heterocycles. The van der Waals surface area contributed by atoms with Crippen molar-refractivity contribution in [1.82, 2.24) is 10.4 Å². The van der Waals surface area contributed by atoms with Crippen LogP contribution in [0.1, 0.15) is 21.5 Å². The fraction of sp³-hybridized carbons (Fsp3) is 0.115. The summed E-state index contributed by atoms with van der Waals surface area (Å²) in [6.07, 6.45) is 1.45. The molecule has 1 aromatic heterocycles. The molecule has 1 heterocycles. The van der Waals surface area contributed by atoms with Gasteiger partial charge in [0.15, 0.2) is 11.5 Å². The normalized spacial score (nSPS) is 11.0. The van der Waals surface area contributed by atoms with Gasteiger partial charge in [0, 0.05) is 16.5 Å². The lowest BCUT2D eigenvalue weighted by Crippen LogP contribution is -2.18. The third-order valence-electron chi connectivity index (χ3n) is 5.19. The number of ether oxygens (including phenoxy) is 2. The van der Waals surface area contributed by atoms with Gasteiger partial charge in [-0.15, -0.1) is 0 Å². The van der Waals surface area contributed by atoms with E-state index in [-0.39, 0.29) is 23.2 Å². The number of hydrazone groups is 1. The molecule has 0 aliphatic carbocycles. The molecule has 0 radical (unpaired) electrons. The van der Waals surface area contributed by atoms with Crippen molar-refractivity contribution >= 4 is 23.0 Å². The molecule has 4 rings (SSSR count). The molecule has 0 saturated carbocycles. The molecular weight excluding hydrogens is 418 g/mol. The Bertz CT molecular complexity index is 1320. The van der Waals surface area contributed by atoms with E-state index in [1.54, 1.807) is 18.2 Å². The highest BCUT2D eigenvalue weighted by Gasteiger charge is 2.14. The van der Waals surface area contributed by atoms with Gasteiger partial charge in [-0.2, -0.15) is 5.10 Å². The SMILES string of the molecule is COc1cc(C=NNC(=O)c2cc(-c3ccc(C)cc3)nc3ccccc23)cc(OC)c1O. The molecule has 7 nitrogen and oxygen atoms in total. The molecule has 0 bridgehead atoms. The van der Waals surface area contributed by atoms with E-state index in [0.29, 0.717) is 16.8 Å². The molecule has 3 aromatic carbocycles. The van der Waals surface area contributed by atoms with E-state index in [9.17, 15) is 9.90 Å². The predicted octanol–water partition coefficient (Wildman–Crippen LogP) is 4.70. The second kappa shape index (κ2) is 9.40. The van der Waals surface area contributed by atoms with Crippen LogP contribution in [-0.4, -0.2) is 36.4 Å². The summed E-state index contributed by atoms with van der Waals surface area (Å²) in [6, 6.07) is 20.4. The van der Waals surface area contributed by atoms with Crippen molar-refractivity contribution in [2.45, 2.75) is 6.92 Å². The van der Waals surface area contributed by atoms with Crippen LogP contribution in [-0.2, 0) is 0 Å². The minimum absolute atomic E-state index is 0.104. The van der Waals surface area contributed by atoms with Gasteiger partial charge >= 0.3 is 0 Å². The number of hydrogen-bond donors (Lipinski definition) is 2. The van der Waals surface area contributed by atoms with Crippen LogP contribution in [0.3, 0.4) is 0 Å². The zero-order chi connectivity index (χ0) is 23.4. The lowest BCUT2D eigenvalue weighted by molar-refractivity contribution is 0.0956. The standard InChI is InChI=1S/C26H23N3O4/c1-16-8-10-18(11-9-16)22-14-20(19-6-4-5-7-21(19)28-22)26(31)29-27-15-17-12-23(32-2)25(30)24(13-17)33-3/h4-15,30H,1-3H3,(H,29,31). The minimum Gasteiger partial charge on any atom is -0.502 e. The summed E-state index contributed by atoms with van der Waals surface area (Å²) in [5, 5.41) is 14.9. The Balaban J connectivity index is 1.65. The lowest BCUT2D eigenvalue weighted by atomic mass is 10.0. The average molecular weight is 441 g/mol. The summed E-state index contributed by atoms with van der Waals surface area (Å²) in [5.74, 6) is 0.0129. The molecule has 0 atom stereocenters. The van der Waals surface area contributed by atoms with Gasteiger partial charge in [0.1, 0.15) is 0 Å². The zero-order valence-electron chi connectivity index (χ0n) is 18.5. The number of phenols is 1. The maximum Gasteiger partial charge on any atom is 0.272 e. The molecule has 0 aliphatic rings. The number of carbonyl (C=O) groups is 1. The fourth-order valence-corrected chi connectivity index (χ4v) is 3.45. The number of aromatic nitrogens is 1. The van der Waals surface area contributed by atoms with E-state index in [2.05, 4.69) is 10.5 Å². The molecule has 4 aromatic rings. The van der Waals surface area contributed by atoms with Gasteiger partial charge in [0.2, 0.25) is 5.75 Å². The summed E-state index contributed by atoms with van der Waals surface area (Å²) in [5.41, 5.74) is 7.12. The average Bonchev–Trinajstić information content (AvgIpc) is 2.84. The Morgan fingerprint density at radius 1 is 1.00 bits per heavy atom. The van der Waals surface area contributed by atoms with Gasteiger partial charge < -0.3 is 14.6 Å². The first kappa shape index (κ1) is 21.8. The second-order valence-corrected chi connectivity index (χ2v) is 7.41. The van der Waals surface area contributed by atoms with Gasteiger partial charge in [-0.05, 0) is 31.2 Å². The van der Waals surface area contributed by atoms with Crippen molar-refractivity contribution < 1.29 is 19.4 Å². The highest BCUT2D eigenvalue weighted by Crippen LogP contribution is 2.36. The maximum atomic E-state index is 13.0. The summed E-state index contributed by atoms with van der Waals surface area (Å²) in [7, 11) is 2.88. The first-order valence-electron chi connectivity index (χ1n) is 10.3. The number of methoxy groups -OCH3 is 2. The quantitative estimate of drug-likeness (QED) is 0.334. The van der Waals surface area contributed by atoms with Crippen LogP contribution in [0.2, 0.25) is 0 Å². The Morgan fingerprint density at radius 2 is 1.67 bits per heavy atom. The van der Waals surface area contributed by atoms with E-state index in [4.69, 9.17) is 14.5 Å². The molecule has 33 heavy (non-hydrogen) atoms. The predicted molar refractivity (Wildman–Crippen MR) is 128 cm³/mol. The number of phenolic OH excluding ortho intramolecular Hbond substituents is 1.